The number of Topliss-reactive ketones (excluding diaryl/α,β-unsaturated/α-hetero) is 1. The zero-order valence-electron chi connectivity index (χ0n) is 11.8. The van der Waals surface area contributed by atoms with E-state index < -0.39 is 17.7 Å². The van der Waals surface area contributed by atoms with Gasteiger partial charge in [-0.05, 0) is 29.7 Å². The van der Waals surface area contributed by atoms with Crippen molar-refractivity contribution >= 4 is 5.78 Å². The molecule has 0 bridgehead atoms. The van der Waals surface area contributed by atoms with Gasteiger partial charge < -0.3 is 10.5 Å². The van der Waals surface area contributed by atoms with Crippen LogP contribution in [0, 0.1) is 11.3 Å². The number of ketones is 1. The fourth-order valence-corrected chi connectivity index (χ4v) is 2.89. The Kier molecular flexibility index (Phi) is 3.40. The molecule has 0 saturated heterocycles. The SMILES string of the molecule is N#CC1=C(N)OC2=C(CCC2=O)[C@H]1c1ccc(C(F)(F)F)cc1. The van der Waals surface area contributed by atoms with Gasteiger partial charge in [0.15, 0.2) is 11.5 Å². The van der Waals surface area contributed by atoms with Crippen molar-refractivity contribution in [2.24, 2.45) is 5.73 Å². The molecule has 1 heterocycles. The molecule has 1 aromatic rings. The van der Waals surface area contributed by atoms with Crippen molar-refractivity contribution in [2.75, 3.05) is 0 Å². The average Bonchev–Trinajstić information content (AvgIpc) is 2.86. The molecule has 1 aliphatic carbocycles. The average molecular weight is 320 g/mol. The number of hydrogen-bond acceptors (Lipinski definition) is 4. The predicted molar refractivity (Wildman–Crippen MR) is 73.4 cm³/mol. The topological polar surface area (TPSA) is 76.1 Å². The first kappa shape index (κ1) is 15.2. The van der Waals surface area contributed by atoms with Gasteiger partial charge in [-0.25, -0.2) is 0 Å². The summed E-state index contributed by atoms with van der Waals surface area (Å²) in [6.45, 7) is 0. The molecule has 0 spiro atoms. The lowest BCUT2D eigenvalue weighted by Gasteiger charge is -2.25. The monoisotopic (exact) mass is 320 g/mol. The minimum Gasteiger partial charge on any atom is -0.437 e. The van der Waals surface area contributed by atoms with Crippen molar-refractivity contribution in [2.45, 2.75) is 24.9 Å². The number of nitrogens with zero attached hydrogens (tertiary/aromatic N) is 1. The molecule has 0 radical (unpaired) electrons. The van der Waals surface area contributed by atoms with Crippen LogP contribution in [0.2, 0.25) is 0 Å². The van der Waals surface area contributed by atoms with Crippen molar-refractivity contribution in [3.05, 3.63) is 58.2 Å². The molecule has 7 heteroatoms. The van der Waals surface area contributed by atoms with Crippen LogP contribution in [-0.2, 0) is 15.7 Å². The van der Waals surface area contributed by atoms with E-state index in [9.17, 15) is 23.2 Å². The number of carbonyl (C=O) groups excluding carboxylic acids is 1. The summed E-state index contributed by atoms with van der Waals surface area (Å²) in [6.07, 6.45) is -3.79. The maximum absolute atomic E-state index is 12.7. The third-order valence-corrected chi connectivity index (χ3v) is 3.97. The second-order valence-corrected chi connectivity index (χ2v) is 5.32. The Bertz CT molecular complexity index is 783. The second kappa shape index (κ2) is 5.16. The van der Waals surface area contributed by atoms with Gasteiger partial charge in [0.2, 0.25) is 5.88 Å². The zero-order chi connectivity index (χ0) is 16.8. The second-order valence-electron chi connectivity index (χ2n) is 5.32. The van der Waals surface area contributed by atoms with E-state index in [4.69, 9.17) is 10.5 Å². The van der Waals surface area contributed by atoms with Crippen molar-refractivity contribution in [1.82, 2.24) is 0 Å². The molecule has 3 rings (SSSR count). The quantitative estimate of drug-likeness (QED) is 0.862. The van der Waals surface area contributed by atoms with Crippen molar-refractivity contribution in [3.8, 4) is 6.07 Å². The summed E-state index contributed by atoms with van der Waals surface area (Å²) in [6, 6.07) is 6.44. The minimum absolute atomic E-state index is 0.109. The molecule has 4 nitrogen and oxygen atoms in total. The molecule has 0 aromatic heterocycles. The maximum atomic E-state index is 12.7. The van der Waals surface area contributed by atoms with Gasteiger partial charge in [-0.3, -0.25) is 4.79 Å². The molecule has 23 heavy (non-hydrogen) atoms. The first-order chi connectivity index (χ1) is 10.8. The van der Waals surface area contributed by atoms with E-state index in [2.05, 4.69) is 0 Å². The number of hydrogen-bond donors (Lipinski definition) is 1. The van der Waals surface area contributed by atoms with Gasteiger partial charge in [-0.2, -0.15) is 18.4 Å². The van der Waals surface area contributed by atoms with Gasteiger partial charge in [0.25, 0.3) is 0 Å². The molecule has 0 unspecified atom stereocenters. The van der Waals surface area contributed by atoms with Crippen LogP contribution in [0.5, 0.6) is 0 Å². The molecule has 1 aromatic carbocycles. The van der Waals surface area contributed by atoms with Crippen LogP contribution in [0.15, 0.2) is 47.1 Å². The summed E-state index contributed by atoms with van der Waals surface area (Å²) in [5.74, 6) is -0.910. The fraction of sp³-hybridized carbons (Fsp3) is 0.250. The summed E-state index contributed by atoms with van der Waals surface area (Å²) < 4.78 is 43.3. The molecular formula is C16H11F3N2O2. The summed E-state index contributed by atoms with van der Waals surface area (Å²) in [5.41, 5.74) is 6.11. The van der Waals surface area contributed by atoms with E-state index in [1.165, 1.54) is 12.1 Å². The van der Waals surface area contributed by atoms with E-state index >= 15 is 0 Å². The first-order valence-corrected chi connectivity index (χ1v) is 6.84. The number of nitriles is 1. The lowest BCUT2D eigenvalue weighted by molar-refractivity contribution is -0.137. The van der Waals surface area contributed by atoms with Gasteiger partial charge in [-0.15, -0.1) is 0 Å². The smallest absolute Gasteiger partial charge is 0.416 e. The van der Waals surface area contributed by atoms with E-state index in [1.807, 2.05) is 6.07 Å². The molecule has 2 N–H and O–H groups in total. The summed E-state index contributed by atoms with van der Waals surface area (Å²) in [7, 11) is 0. The molecule has 2 aliphatic rings. The zero-order valence-corrected chi connectivity index (χ0v) is 11.8. The summed E-state index contributed by atoms with van der Waals surface area (Å²) >= 11 is 0. The van der Waals surface area contributed by atoms with Crippen LogP contribution in [0.1, 0.15) is 29.9 Å². The van der Waals surface area contributed by atoms with E-state index in [0.717, 1.165) is 12.1 Å². The molecular weight excluding hydrogens is 309 g/mol. The standard InChI is InChI=1S/C16H11F3N2O2/c17-16(18,19)9-3-1-8(2-4-9)13-10-5-6-12(22)14(10)23-15(21)11(13)7-20/h1-4,13H,5-6,21H2/t13-/m1/s1. The van der Waals surface area contributed by atoms with E-state index in [0.29, 0.717) is 17.6 Å². The van der Waals surface area contributed by atoms with Crippen LogP contribution in [-0.4, -0.2) is 5.78 Å². The highest BCUT2D eigenvalue weighted by Crippen LogP contribution is 2.45. The molecule has 118 valence electrons. The third-order valence-electron chi connectivity index (χ3n) is 3.97. The number of rotatable bonds is 1. The lowest BCUT2D eigenvalue weighted by atomic mass is 9.83. The van der Waals surface area contributed by atoms with E-state index in [-0.39, 0.29) is 29.4 Å². The van der Waals surface area contributed by atoms with Crippen molar-refractivity contribution in [3.63, 3.8) is 0 Å². The number of halogens is 3. The Labute approximate surface area is 129 Å². The normalized spacial score (nSPS) is 21.1. The number of nitrogens with two attached hydrogens (primary N) is 1. The first-order valence-electron chi connectivity index (χ1n) is 6.84. The predicted octanol–water partition coefficient (Wildman–Crippen LogP) is 3.13. The molecule has 1 atom stereocenters. The van der Waals surface area contributed by atoms with Gasteiger partial charge in [0, 0.05) is 12.3 Å². The lowest BCUT2D eigenvalue weighted by Crippen LogP contribution is -2.20. The van der Waals surface area contributed by atoms with Crippen LogP contribution in [0.25, 0.3) is 0 Å². The van der Waals surface area contributed by atoms with Gasteiger partial charge in [-0.1, -0.05) is 12.1 Å². The van der Waals surface area contributed by atoms with Gasteiger partial charge >= 0.3 is 6.18 Å². The Morgan fingerprint density at radius 2 is 1.87 bits per heavy atom. The third kappa shape index (κ3) is 2.46. The Balaban J connectivity index is 2.08. The van der Waals surface area contributed by atoms with Crippen LogP contribution < -0.4 is 5.73 Å². The molecule has 0 saturated carbocycles. The van der Waals surface area contributed by atoms with Gasteiger partial charge in [0.1, 0.15) is 11.6 Å². The van der Waals surface area contributed by atoms with Crippen molar-refractivity contribution < 1.29 is 22.7 Å². The number of ether oxygens (including phenoxy) is 1. The van der Waals surface area contributed by atoms with Crippen LogP contribution in [0.4, 0.5) is 13.2 Å². The highest BCUT2D eigenvalue weighted by atomic mass is 19.4. The summed E-state index contributed by atoms with van der Waals surface area (Å²) in [4.78, 5) is 11.8. The Hall–Kier alpha value is -2.75. The highest BCUT2D eigenvalue weighted by Gasteiger charge is 2.39. The van der Waals surface area contributed by atoms with E-state index in [1.54, 1.807) is 0 Å². The highest BCUT2D eigenvalue weighted by molar-refractivity contribution is 5.98. The number of benzene rings is 1. The van der Waals surface area contributed by atoms with Crippen molar-refractivity contribution in [1.29, 1.82) is 5.26 Å². The Morgan fingerprint density at radius 3 is 2.43 bits per heavy atom. The fourth-order valence-electron chi connectivity index (χ4n) is 2.89. The minimum atomic E-state index is -4.44. The molecule has 0 amide bonds. The van der Waals surface area contributed by atoms with Crippen LogP contribution in [0.3, 0.4) is 0 Å². The Morgan fingerprint density at radius 1 is 1.22 bits per heavy atom. The largest absolute Gasteiger partial charge is 0.437 e. The number of allylic oxidation sites excluding steroid dienone is 3. The molecule has 1 aliphatic heterocycles. The molecule has 0 fully saturated rings. The maximum Gasteiger partial charge on any atom is 0.416 e. The number of alkyl halides is 3. The van der Waals surface area contributed by atoms with Crippen LogP contribution >= 0.6 is 0 Å². The van der Waals surface area contributed by atoms with Gasteiger partial charge in [0.05, 0.1) is 5.56 Å². The number of carbonyl (C=O) groups is 1. The summed E-state index contributed by atoms with van der Waals surface area (Å²) in [5, 5.41) is 9.31.